The zero-order valence-electron chi connectivity index (χ0n) is 10.4. The van der Waals surface area contributed by atoms with Gasteiger partial charge in [-0.15, -0.1) is 0 Å². The maximum absolute atomic E-state index is 13.5. The lowest BCUT2D eigenvalue weighted by molar-refractivity contribution is 0.181. The fourth-order valence-electron chi connectivity index (χ4n) is 1.73. The summed E-state index contributed by atoms with van der Waals surface area (Å²) in [5.41, 5.74) is 6.51. The summed E-state index contributed by atoms with van der Waals surface area (Å²) in [5, 5.41) is 9.60. The van der Waals surface area contributed by atoms with Crippen LogP contribution >= 0.6 is 0 Å². The van der Waals surface area contributed by atoms with Crippen molar-refractivity contribution in [3.05, 3.63) is 65.5 Å². The van der Waals surface area contributed by atoms with Crippen molar-refractivity contribution < 1.29 is 14.2 Å². The summed E-state index contributed by atoms with van der Waals surface area (Å²) in [6.45, 7) is 0.365. The monoisotopic (exact) mass is 261 g/mol. The van der Waals surface area contributed by atoms with Crippen molar-refractivity contribution >= 4 is 0 Å². The molecule has 4 heteroatoms. The van der Waals surface area contributed by atoms with Gasteiger partial charge in [0, 0.05) is 12.1 Å². The molecule has 0 heterocycles. The topological polar surface area (TPSA) is 55.5 Å². The van der Waals surface area contributed by atoms with Gasteiger partial charge in [0.1, 0.15) is 18.2 Å². The van der Waals surface area contributed by atoms with Crippen molar-refractivity contribution in [2.75, 3.05) is 6.54 Å². The normalized spacial score (nSPS) is 12.2. The molecule has 19 heavy (non-hydrogen) atoms. The van der Waals surface area contributed by atoms with Crippen LogP contribution in [-0.2, 0) is 6.61 Å². The Bertz CT molecular complexity index is 531. The standard InChI is InChI=1S/C15H16FNO2/c16-14-7-6-12(8-13(14)15(18)9-17)19-10-11-4-2-1-3-5-11/h1-8,15,18H,9-10,17H2/t15-/m0/s1. The van der Waals surface area contributed by atoms with Crippen LogP contribution in [0.4, 0.5) is 4.39 Å². The van der Waals surface area contributed by atoms with Crippen LogP contribution in [0.25, 0.3) is 0 Å². The molecule has 100 valence electrons. The number of benzene rings is 2. The molecular weight excluding hydrogens is 245 g/mol. The summed E-state index contributed by atoms with van der Waals surface area (Å²) >= 11 is 0. The predicted molar refractivity (Wildman–Crippen MR) is 71.2 cm³/mol. The summed E-state index contributed by atoms with van der Waals surface area (Å²) in [6.07, 6.45) is -1.01. The zero-order chi connectivity index (χ0) is 13.7. The molecule has 0 saturated heterocycles. The number of halogens is 1. The fourth-order valence-corrected chi connectivity index (χ4v) is 1.73. The highest BCUT2D eigenvalue weighted by molar-refractivity contribution is 5.31. The molecule has 0 aromatic heterocycles. The Morgan fingerprint density at radius 2 is 1.89 bits per heavy atom. The highest BCUT2D eigenvalue weighted by Crippen LogP contribution is 2.22. The molecule has 0 fully saturated rings. The van der Waals surface area contributed by atoms with Crippen LogP contribution in [0.5, 0.6) is 5.75 Å². The van der Waals surface area contributed by atoms with Gasteiger partial charge in [0.15, 0.2) is 0 Å². The Morgan fingerprint density at radius 3 is 2.58 bits per heavy atom. The smallest absolute Gasteiger partial charge is 0.129 e. The lowest BCUT2D eigenvalue weighted by atomic mass is 10.1. The van der Waals surface area contributed by atoms with Crippen LogP contribution in [0, 0.1) is 5.82 Å². The van der Waals surface area contributed by atoms with Crippen LogP contribution in [0.1, 0.15) is 17.2 Å². The average molecular weight is 261 g/mol. The Hall–Kier alpha value is -1.91. The number of hydrogen-bond donors (Lipinski definition) is 2. The third kappa shape index (κ3) is 3.53. The van der Waals surface area contributed by atoms with Crippen molar-refractivity contribution in [2.24, 2.45) is 5.73 Å². The molecule has 3 nitrogen and oxygen atoms in total. The molecule has 3 N–H and O–H groups in total. The highest BCUT2D eigenvalue weighted by atomic mass is 19.1. The molecule has 0 aliphatic rings. The van der Waals surface area contributed by atoms with Gasteiger partial charge >= 0.3 is 0 Å². The summed E-state index contributed by atoms with van der Waals surface area (Å²) in [7, 11) is 0. The number of hydrogen-bond acceptors (Lipinski definition) is 3. The molecule has 0 aliphatic heterocycles. The summed E-state index contributed by atoms with van der Waals surface area (Å²) in [5.74, 6) is 0.0257. The first kappa shape index (κ1) is 13.5. The molecule has 2 aromatic carbocycles. The zero-order valence-corrected chi connectivity index (χ0v) is 10.4. The predicted octanol–water partition coefficient (Wildman–Crippen LogP) is 2.40. The van der Waals surface area contributed by atoms with Crippen molar-refractivity contribution in [1.82, 2.24) is 0 Å². The van der Waals surface area contributed by atoms with Gasteiger partial charge in [-0.3, -0.25) is 0 Å². The van der Waals surface area contributed by atoms with Gasteiger partial charge < -0.3 is 15.6 Å². The highest BCUT2D eigenvalue weighted by Gasteiger charge is 2.12. The third-order valence-corrected chi connectivity index (χ3v) is 2.80. The van der Waals surface area contributed by atoms with Crippen molar-refractivity contribution in [3.63, 3.8) is 0 Å². The van der Waals surface area contributed by atoms with Crippen molar-refractivity contribution in [3.8, 4) is 5.75 Å². The minimum absolute atomic E-state index is 0.0287. The molecule has 0 bridgehead atoms. The number of ether oxygens (including phenoxy) is 1. The maximum Gasteiger partial charge on any atom is 0.129 e. The Morgan fingerprint density at radius 1 is 1.16 bits per heavy atom. The SMILES string of the molecule is NC[C@H](O)c1cc(OCc2ccccc2)ccc1F. The molecule has 2 aromatic rings. The Kier molecular flexibility index (Phi) is 4.49. The van der Waals surface area contributed by atoms with E-state index in [2.05, 4.69) is 0 Å². The average Bonchev–Trinajstić information content (AvgIpc) is 2.46. The molecular formula is C15H16FNO2. The molecule has 0 spiro atoms. The molecule has 0 amide bonds. The molecule has 2 rings (SSSR count). The largest absolute Gasteiger partial charge is 0.489 e. The lowest BCUT2D eigenvalue weighted by Crippen LogP contribution is -2.13. The van der Waals surface area contributed by atoms with Crippen LogP contribution in [0.15, 0.2) is 48.5 Å². The number of rotatable bonds is 5. The number of aliphatic hydroxyl groups is 1. The number of nitrogens with two attached hydrogens (primary N) is 1. The van der Waals surface area contributed by atoms with E-state index in [1.165, 1.54) is 18.2 Å². The fraction of sp³-hybridized carbons (Fsp3) is 0.200. The van der Waals surface area contributed by atoms with E-state index in [0.29, 0.717) is 12.4 Å². The quantitative estimate of drug-likeness (QED) is 0.869. The van der Waals surface area contributed by atoms with Crippen LogP contribution in [-0.4, -0.2) is 11.7 Å². The minimum atomic E-state index is -1.01. The molecule has 0 saturated carbocycles. The first-order chi connectivity index (χ1) is 9.20. The van der Waals surface area contributed by atoms with Gasteiger partial charge in [-0.2, -0.15) is 0 Å². The van der Waals surface area contributed by atoms with E-state index in [1.807, 2.05) is 30.3 Å². The van der Waals surface area contributed by atoms with E-state index < -0.39 is 11.9 Å². The van der Waals surface area contributed by atoms with E-state index in [1.54, 1.807) is 0 Å². The van der Waals surface area contributed by atoms with Gasteiger partial charge in [-0.1, -0.05) is 30.3 Å². The van der Waals surface area contributed by atoms with Gasteiger partial charge in [-0.25, -0.2) is 4.39 Å². The van der Waals surface area contributed by atoms with E-state index in [9.17, 15) is 9.50 Å². The summed E-state index contributed by atoms with van der Waals surface area (Å²) in [6, 6.07) is 13.9. The van der Waals surface area contributed by atoms with Crippen LogP contribution in [0.2, 0.25) is 0 Å². The lowest BCUT2D eigenvalue weighted by Gasteiger charge is -2.12. The van der Waals surface area contributed by atoms with E-state index in [4.69, 9.17) is 10.5 Å². The van der Waals surface area contributed by atoms with E-state index in [-0.39, 0.29) is 12.1 Å². The summed E-state index contributed by atoms with van der Waals surface area (Å²) < 4.78 is 19.1. The third-order valence-electron chi connectivity index (χ3n) is 2.80. The van der Waals surface area contributed by atoms with Crippen LogP contribution < -0.4 is 10.5 Å². The Labute approximate surface area is 111 Å². The second kappa shape index (κ2) is 6.31. The molecule has 0 unspecified atom stereocenters. The first-order valence-electron chi connectivity index (χ1n) is 6.05. The van der Waals surface area contributed by atoms with Gasteiger partial charge in [0.05, 0.1) is 6.10 Å². The Balaban J connectivity index is 2.09. The second-order valence-electron chi connectivity index (χ2n) is 4.21. The van der Waals surface area contributed by atoms with E-state index >= 15 is 0 Å². The maximum atomic E-state index is 13.5. The number of aliphatic hydroxyl groups excluding tert-OH is 1. The van der Waals surface area contributed by atoms with Gasteiger partial charge in [0.2, 0.25) is 0 Å². The summed E-state index contributed by atoms with van der Waals surface area (Å²) in [4.78, 5) is 0. The van der Waals surface area contributed by atoms with E-state index in [0.717, 1.165) is 5.56 Å². The second-order valence-corrected chi connectivity index (χ2v) is 4.21. The van der Waals surface area contributed by atoms with Gasteiger partial charge in [-0.05, 0) is 23.8 Å². The minimum Gasteiger partial charge on any atom is -0.489 e. The molecule has 0 radical (unpaired) electrons. The van der Waals surface area contributed by atoms with Crippen molar-refractivity contribution in [1.29, 1.82) is 0 Å². The van der Waals surface area contributed by atoms with Gasteiger partial charge in [0.25, 0.3) is 0 Å². The van der Waals surface area contributed by atoms with Crippen LogP contribution in [0.3, 0.4) is 0 Å². The molecule has 1 atom stereocenters. The van der Waals surface area contributed by atoms with Crippen molar-refractivity contribution in [2.45, 2.75) is 12.7 Å². The first-order valence-corrected chi connectivity index (χ1v) is 6.05. The molecule has 0 aliphatic carbocycles.